The van der Waals surface area contributed by atoms with Crippen LogP contribution in [0.4, 0.5) is 32.3 Å². The van der Waals surface area contributed by atoms with Gasteiger partial charge in [0, 0.05) is 61.8 Å². The first-order chi connectivity index (χ1) is 24.6. The molecule has 4 aliphatic rings. The largest absolute Gasteiger partial charge is 0.486 e. The molecular formula is C39H47F6N5O2. The zero-order valence-corrected chi connectivity index (χ0v) is 29.9. The van der Waals surface area contributed by atoms with Gasteiger partial charge in [-0.3, -0.25) is 4.98 Å². The van der Waals surface area contributed by atoms with Crippen LogP contribution in [0.1, 0.15) is 129 Å². The van der Waals surface area contributed by atoms with Crippen LogP contribution < -0.4 is 9.64 Å². The number of hydrogen-bond acceptors (Lipinski definition) is 7. The number of likely N-dealkylation sites (tertiary alicyclic amines) is 1. The summed E-state index contributed by atoms with van der Waals surface area (Å²) in [6.45, 7) is 6.99. The second kappa shape index (κ2) is 14.1. The zero-order chi connectivity index (χ0) is 37.0. The number of piperidine rings is 1. The molecule has 2 aliphatic carbocycles. The van der Waals surface area contributed by atoms with Gasteiger partial charge in [-0.1, -0.05) is 26.0 Å². The topological polar surface area (TPSA) is 74.6 Å². The predicted octanol–water partition coefficient (Wildman–Crippen LogP) is 8.71. The number of hydrogen-bond donors (Lipinski definition) is 1. The van der Waals surface area contributed by atoms with Gasteiger partial charge in [0.05, 0.1) is 29.8 Å². The van der Waals surface area contributed by atoms with Gasteiger partial charge in [0.1, 0.15) is 6.10 Å². The maximum absolute atomic E-state index is 17.3. The standard InChI is InChI=1S/C39H47F6N5O2/c1-37(2)18-29-32(30(51)19-37)31(23-8-13-38(41,42)14-9-23)33(34(40)24-4-6-26(7-5-24)39(43,44)45)35(48-29)25-10-16-50(17-11-25)36-46-20-28(21-47-36)52-27-12-15-49(3)22-27/h4-7,20-21,23,25,27,30,34,51H,8-19,22H2,1-3H3/t27-,30?,34?/m1/s1. The van der Waals surface area contributed by atoms with Crippen LogP contribution in [0.5, 0.6) is 5.75 Å². The Hall–Kier alpha value is -3.45. The van der Waals surface area contributed by atoms with Gasteiger partial charge in [-0.05, 0) is 86.6 Å². The number of anilines is 1. The van der Waals surface area contributed by atoms with Crippen molar-refractivity contribution in [2.45, 2.75) is 114 Å². The summed E-state index contributed by atoms with van der Waals surface area (Å²) in [5.74, 6) is -2.35. The number of halogens is 6. The summed E-state index contributed by atoms with van der Waals surface area (Å²) in [4.78, 5) is 18.5. The van der Waals surface area contributed by atoms with Crippen LogP contribution in [-0.4, -0.2) is 70.2 Å². The SMILES string of the molecule is CN1CC[C@@H](Oc2cnc(N3CCC(c4nc5c(c(C6CCC(F)(F)CC6)c4C(F)c4ccc(C(F)(F)F)cc4)C(O)CC(C)(C)C5)CC3)nc2)C1. The third-order valence-corrected chi connectivity index (χ3v) is 11.5. The minimum atomic E-state index is -4.59. The molecule has 4 heterocycles. The van der Waals surface area contributed by atoms with Crippen molar-refractivity contribution in [3.63, 3.8) is 0 Å². The normalized spacial score (nSPS) is 24.8. The lowest BCUT2D eigenvalue weighted by Gasteiger charge is -2.41. The molecule has 2 saturated heterocycles. The van der Waals surface area contributed by atoms with Gasteiger partial charge >= 0.3 is 6.18 Å². The highest BCUT2D eigenvalue weighted by atomic mass is 19.4. The van der Waals surface area contributed by atoms with E-state index in [1.807, 2.05) is 13.8 Å². The van der Waals surface area contributed by atoms with Crippen LogP contribution in [0, 0.1) is 5.41 Å². The van der Waals surface area contributed by atoms with E-state index in [1.54, 1.807) is 12.4 Å². The summed E-state index contributed by atoms with van der Waals surface area (Å²) in [6.07, 6.45) is -1.47. The molecule has 3 atom stereocenters. The van der Waals surface area contributed by atoms with Crippen molar-refractivity contribution in [2.24, 2.45) is 5.41 Å². The Morgan fingerprint density at radius 1 is 0.904 bits per heavy atom. The van der Waals surface area contributed by atoms with Crippen molar-refractivity contribution in [3.8, 4) is 5.75 Å². The second-order valence-electron chi connectivity index (χ2n) is 16.1. The molecule has 2 aromatic heterocycles. The van der Waals surface area contributed by atoms with E-state index in [9.17, 15) is 27.1 Å². The van der Waals surface area contributed by atoms with Gasteiger partial charge in [0.25, 0.3) is 0 Å². The number of aliphatic hydroxyl groups excluding tert-OH is 1. The first kappa shape index (κ1) is 36.9. The number of nitrogens with zero attached hydrogens (tertiary/aromatic N) is 5. The van der Waals surface area contributed by atoms with Gasteiger partial charge in [-0.15, -0.1) is 0 Å². The third kappa shape index (κ3) is 7.76. The van der Waals surface area contributed by atoms with Crippen LogP contribution >= 0.6 is 0 Å². The first-order valence-electron chi connectivity index (χ1n) is 18.4. The van der Waals surface area contributed by atoms with Gasteiger partial charge in [-0.25, -0.2) is 23.1 Å². The molecule has 2 aliphatic heterocycles. The van der Waals surface area contributed by atoms with Crippen LogP contribution in [0.25, 0.3) is 0 Å². The van der Waals surface area contributed by atoms with Gasteiger partial charge < -0.3 is 19.6 Å². The summed E-state index contributed by atoms with van der Waals surface area (Å²) in [7, 11) is 2.06. The molecule has 1 N–H and O–H groups in total. The number of rotatable bonds is 7. The molecule has 1 aromatic carbocycles. The summed E-state index contributed by atoms with van der Waals surface area (Å²) >= 11 is 0. The number of benzene rings is 1. The summed E-state index contributed by atoms with van der Waals surface area (Å²) in [5, 5.41) is 11.6. The second-order valence-corrected chi connectivity index (χ2v) is 16.1. The lowest BCUT2D eigenvalue weighted by atomic mass is 9.68. The monoisotopic (exact) mass is 731 g/mol. The molecule has 0 bridgehead atoms. The van der Waals surface area contributed by atoms with E-state index in [2.05, 4.69) is 26.8 Å². The maximum atomic E-state index is 17.3. The van der Waals surface area contributed by atoms with Crippen LogP contribution in [-0.2, 0) is 12.6 Å². The highest BCUT2D eigenvalue weighted by Crippen LogP contribution is 2.52. The molecule has 13 heteroatoms. The highest BCUT2D eigenvalue weighted by molar-refractivity contribution is 5.51. The van der Waals surface area contributed by atoms with Crippen molar-refractivity contribution in [3.05, 3.63) is 75.9 Å². The lowest BCUT2D eigenvalue weighted by Crippen LogP contribution is -2.36. The lowest BCUT2D eigenvalue weighted by molar-refractivity contribution is -0.137. The van der Waals surface area contributed by atoms with E-state index in [0.717, 1.165) is 43.8 Å². The van der Waals surface area contributed by atoms with Crippen molar-refractivity contribution in [2.75, 3.05) is 38.1 Å². The Labute approximate surface area is 300 Å². The highest BCUT2D eigenvalue weighted by Gasteiger charge is 2.44. The van der Waals surface area contributed by atoms with Crippen LogP contribution in [0.2, 0.25) is 0 Å². The molecule has 0 amide bonds. The van der Waals surface area contributed by atoms with Crippen LogP contribution in [0.3, 0.4) is 0 Å². The first-order valence-corrected chi connectivity index (χ1v) is 18.4. The summed E-state index contributed by atoms with van der Waals surface area (Å²) < 4.78 is 92.7. The maximum Gasteiger partial charge on any atom is 0.416 e. The number of aliphatic hydroxyl groups is 1. The number of pyridine rings is 1. The molecule has 2 unspecified atom stereocenters. The molecule has 7 nitrogen and oxygen atoms in total. The van der Waals surface area contributed by atoms with E-state index in [0.29, 0.717) is 73.0 Å². The van der Waals surface area contributed by atoms with E-state index < -0.39 is 35.9 Å². The van der Waals surface area contributed by atoms with Crippen molar-refractivity contribution < 1.29 is 36.2 Å². The number of fused-ring (bicyclic) bond motifs is 1. The van der Waals surface area contributed by atoms with Crippen molar-refractivity contribution >= 4 is 5.95 Å². The zero-order valence-electron chi connectivity index (χ0n) is 29.9. The van der Waals surface area contributed by atoms with Gasteiger partial charge in [0.15, 0.2) is 11.9 Å². The summed E-state index contributed by atoms with van der Waals surface area (Å²) in [6, 6.07) is 4.03. The fourth-order valence-electron chi connectivity index (χ4n) is 8.79. The number of ether oxygens (including phenoxy) is 1. The number of alkyl halides is 6. The molecule has 1 saturated carbocycles. The Bertz CT molecular complexity index is 1720. The fourth-order valence-corrected chi connectivity index (χ4v) is 8.79. The van der Waals surface area contributed by atoms with Crippen molar-refractivity contribution in [1.82, 2.24) is 19.9 Å². The van der Waals surface area contributed by atoms with Gasteiger partial charge in [-0.2, -0.15) is 13.2 Å². The van der Waals surface area contributed by atoms with E-state index in [-0.39, 0.29) is 54.2 Å². The molecule has 52 heavy (non-hydrogen) atoms. The smallest absolute Gasteiger partial charge is 0.416 e. The number of likely N-dealkylation sites (N-methyl/N-ethyl adjacent to an activating group) is 1. The molecule has 3 fully saturated rings. The Kier molecular flexibility index (Phi) is 9.99. The molecular weight excluding hydrogens is 684 g/mol. The van der Waals surface area contributed by atoms with Crippen molar-refractivity contribution in [1.29, 1.82) is 0 Å². The molecule has 7 rings (SSSR count). The minimum absolute atomic E-state index is 0.0291. The fraction of sp³-hybridized carbons (Fsp3) is 0.615. The van der Waals surface area contributed by atoms with E-state index in [4.69, 9.17) is 9.72 Å². The molecule has 0 radical (unpaired) electrons. The molecule has 282 valence electrons. The Balaban J connectivity index is 1.24. The van der Waals surface area contributed by atoms with Crippen LogP contribution in [0.15, 0.2) is 36.7 Å². The molecule has 0 spiro atoms. The van der Waals surface area contributed by atoms with Gasteiger partial charge in [0.2, 0.25) is 11.9 Å². The number of aromatic nitrogens is 3. The minimum Gasteiger partial charge on any atom is -0.486 e. The van der Waals surface area contributed by atoms with E-state index >= 15 is 4.39 Å². The summed E-state index contributed by atoms with van der Waals surface area (Å²) in [5.41, 5.74) is 1.27. The quantitative estimate of drug-likeness (QED) is 0.244. The van der Waals surface area contributed by atoms with E-state index in [1.165, 1.54) is 0 Å². The predicted molar refractivity (Wildman–Crippen MR) is 185 cm³/mol. The Morgan fingerprint density at radius 2 is 1.56 bits per heavy atom. The average molecular weight is 732 g/mol. The Morgan fingerprint density at radius 3 is 2.15 bits per heavy atom. The average Bonchev–Trinajstić information content (AvgIpc) is 3.50. The third-order valence-electron chi connectivity index (χ3n) is 11.5. The molecule has 3 aromatic rings.